The molecule has 1 rings (SSSR count). The molecule has 0 heterocycles. The Hall–Kier alpha value is -1.66. The number of rotatable bonds is 5. The lowest BCUT2D eigenvalue weighted by Crippen LogP contribution is -2.52. The van der Waals surface area contributed by atoms with Crippen molar-refractivity contribution in [2.24, 2.45) is 0 Å². The summed E-state index contributed by atoms with van der Waals surface area (Å²) in [6.07, 6.45) is -5.60. The van der Waals surface area contributed by atoms with Gasteiger partial charge in [0.05, 0.1) is 0 Å². The van der Waals surface area contributed by atoms with Gasteiger partial charge < -0.3 is 4.90 Å². The number of hydrogen-bond donors (Lipinski definition) is 0. The van der Waals surface area contributed by atoms with Gasteiger partial charge in [0.1, 0.15) is 0 Å². The molecule has 0 unspecified atom stereocenters. The van der Waals surface area contributed by atoms with Gasteiger partial charge in [0, 0.05) is 13.1 Å². The van der Waals surface area contributed by atoms with Crippen LogP contribution in [0.2, 0.25) is 0 Å². The Labute approximate surface area is 119 Å². The fourth-order valence-corrected chi connectivity index (χ4v) is 1.76. The van der Waals surface area contributed by atoms with Gasteiger partial charge in [-0.05, 0) is 18.9 Å². The van der Waals surface area contributed by atoms with E-state index in [4.69, 9.17) is 0 Å². The number of alkyl halides is 5. The van der Waals surface area contributed by atoms with E-state index in [0.717, 1.165) is 5.56 Å². The Kier molecular flexibility index (Phi) is 5.31. The number of carbonyl (C=O) groups excluding carboxylic acids is 1. The number of amides is 1. The molecule has 1 amide bonds. The van der Waals surface area contributed by atoms with Crippen molar-refractivity contribution in [3.8, 4) is 0 Å². The van der Waals surface area contributed by atoms with E-state index < -0.39 is 18.0 Å². The number of nitrogens with zero attached hydrogens (tertiary/aromatic N) is 1. The molecule has 0 aliphatic rings. The monoisotopic (exact) mass is 309 g/mol. The first-order valence-corrected chi connectivity index (χ1v) is 6.39. The lowest BCUT2D eigenvalue weighted by molar-refractivity contribution is -0.274. The summed E-state index contributed by atoms with van der Waals surface area (Å²) in [4.78, 5) is 12.1. The third-order valence-electron chi connectivity index (χ3n) is 2.90. The van der Waals surface area contributed by atoms with Crippen LogP contribution in [0.3, 0.4) is 0 Å². The van der Waals surface area contributed by atoms with E-state index in [2.05, 4.69) is 0 Å². The Morgan fingerprint density at radius 2 is 1.62 bits per heavy atom. The normalized spacial score (nSPS) is 12.3. The first-order chi connectivity index (χ1) is 9.59. The van der Waals surface area contributed by atoms with E-state index in [-0.39, 0.29) is 19.5 Å². The zero-order valence-electron chi connectivity index (χ0n) is 11.7. The molecule has 0 N–H and O–H groups in total. The fraction of sp³-hybridized carbons (Fsp3) is 0.500. The van der Waals surface area contributed by atoms with E-state index >= 15 is 0 Å². The van der Waals surface area contributed by atoms with Crippen LogP contribution in [-0.4, -0.2) is 29.5 Å². The van der Waals surface area contributed by atoms with Gasteiger partial charge in [-0.2, -0.15) is 22.0 Å². The first kappa shape index (κ1) is 17.4. The minimum Gasteiger partial charge on any atom is -0.333 e. The number of halogens is 5. The van der Waals surface area contributed by atoms with Crippen LogP contribution in [0.1, 0.15) is 24.5 Å². The average Bonchev–Trinajstić information content (AvgIpc) is 2.38. The van der Waals surface area contributed by atoms with Crippen LogP contribution in [0.5, 0.6) is 0 Å². The summed E-state index contributed by atoms with van der Waals surface area (Å²) in [6.45, 7) is 2.97. The van der Waals surface area contributed by atoms with E-state index in [1.54, 1.807) is 31.2 Å². The van der Waals surface area contributed by atoms with E-state index in [9.17, 15) is 26.7 Å². The summed E-state index contributed by atoms with van der Waals surface area (Å²) in [7, 11) is 0. The molecule has 21 heavy (non-hydrogen) atoms. The predicted molar refractivity (Wildman–Crippen MR) is 67.9 cm³/mol. The van der Waals surface area contributed by atoms with Gasteiger partial charge in [-0.15, -0.1) is 0 Å². The van der Waals surface area contributed by atoms with Crippen LogP contribution >= 0.6 is 0 Å². The lowest BCUT2D eigenvalue weighted by atomic mass is 10.1. The highest BCUT2D eigenvalue weighted by Gasteiger charge is 2.64. The zero-order chi connectivity index (χ0) is 16.3. The quantitative estimate of drug-likeness (QED) is 0.755. The highest BCUT2D eigenvalue weighted by molar-refractivity contribution is 5.84. The molecule has 118 valence electrons. The second kappa shape index (κ2) is 6.41. The summed E-state index contributed by atoms with van der Waals surface area (Å²) in [5, 5.41) is 0. The van der Waals surface area contributed by atoms with Crippen molar-refractivity contribution in [2.45, 2.75) is 38.9 Å². The smallest absolute Gasteiger partial charge is 0.333 e. The third kappa shape index (κ3) is 4.15. The molecule has 7 heteroatoms. The summed E-state index contributed by atoms with van der Waals surface area (Å²) in [5.74, 6) is -7.58. The van der Waals surface area contributed by atoms with E-state index in [1.807, 2.05) is 6.92 Å². The van der Waals surface area contributed by atoms with E-state index in [0.29, 0.717) is 10.5 Å². The van der Waals surface area contributed by atoms with Crippen molar-refractivity contribution in [1.29, 1.82) is 0 Å². The molecule has 0 aromatic heterocycles. The molecule has 0 fully saturated rings. The fourth-order valence-electron chi connectivity index (χ4n) is 1.76. The van der Waals surface area contributed by atoms with Crippen LogP contribution in [-0.2, 0) is 11.3 Å². The number of aryl methyl sites for hydroxylation is 1. The van der Waals surface area contributed by atoms with Crippen molar-refractivity contribution in [3.63, 3.8) is 0 Å². The van der Waals surface area contributed by atoms with Crippen molar-refractivity contribution < 1.29 is 26.7 Å². The zero-order valence-corrected chi connectivity index (χ0v) is 11.7. The van der Waals surface area contributed by atoms with Gasteiger partial charge in [0.2, 0.25) is 0 Å². The molecular formula is C14H16F5NO. The maximum atomic E-state index is 13.1. The molecule has 0 spiro atoms. The largest absolute Gasteiger partial charge is 0.463 e. The van der Waals surface area contributed by atoms with Gasteiger partial charge in [0.25, 0.3) is 0 Å². The van der Waals surface area contributed by atoms with Gasteiger partial charge in [-0.1, -0.05) is 36.8 Å². The minimum absolute atomic E-state index is 0.168. The molecule has 0 bridgehead atoms. The average molecular weight is 309 g/mol. The van der Waals surface area contributed by atoms with Gasteiger partial charge in [-0.3, -0.25) is 4.79 Å². The second-order valence-corrected chi connectivity index (χ2v) is 4.78. The molecule has 2 nitrogen and oxygen atoms in total. The van der Waals surface area contributed by atoms with Crippen LogP contribution < -0.4 is 0 Å². The third-order valence-corrected chi connectivity index (χ3v) is 2.90. The molecule has 0 saturated carbocycles. The van der Waals surface area contributed by atoms with Crippen LogP contribution in [0.15, 0.2) is 24.3 Å². The maximum absolute atomic E-state index is 13.1. The first-order valence-electron chi connectivity index (χ1n) is 6.39. The molecular weight excluding hydrogens is 293 g/mol. The molecule has 1 aromatic rings. The molecule has 0 saturated heterocycles. The van der Waals surface area contributed by atoms with Gasteiger partial charge >= 0.3 is 18.0 Å². The minimum atomic E-state index is -5.89. The summed E-state index contributed by atoms with van der Waals surface area (Å²) < 4.78 is 63.1. The Bertz CT molecular complexity index is 481. The van der Waals surface area contributed by atoms with Crippen molar-refractivity contribution in [2.75, 3.05) is 6.54 Å². The Morgan fingerprint density at radius 1 is 1.10 bits per heavy atom. The van der Waals surface area contributed by atoms with Crippen LogP contribution in [0.25, 0.3) is 0 Å². The van der Waals surface area contributed by atoms with Crippen LogP contribution in [0.4, 0.5) is 22.0 Å². The topological polar surface area (TPSA) is 20.3 Å². The maximum Gasteiger partial charge on any atom is 0.463 e. The molecule has 1 aromatic carbocycles. The number of benzene rings is 1. The molecule has 0 atom stereocenters. The standard InChI is InChI=1S/C14H16F5NO/c1-3-8-20(9-11-6-4-10(2)5-7-11)12(21)13(15,16)14(17,18)19/h4-7H,3,8-9H2,1-2H3. The summed E-state index contributed by atoms with van der Waals surface area (Å²) in [6, 6.07) is 6.59. The molecule has 0 aliphatic carbocycles. The SMILES string of the molecule is CCCN(Cc1ccc(C)cc1)C(=O)C(F)(F)C(F)(F)F. The van der Waals surface area contributed by atoms with Crippen molar-refractivity contribution in [1.82, 2.24) is 4.90 Å². The van der Waals surface area contributed by atoms with Gasteiger partial charge in [0.15, 0.2) is 0 Å². The Morgan fingerprint density at radius 3 is 2.05 bits per heavy atom. The lowest BCUT2D eigenvalue weighted by Gasteiger charge is -2.28. The summed E-state index contributed by atoms with van der Waals surface area (Å²) >= 11 is 0. The van der Waals surface area contributed by atoms with Crippen LogP contribution in [0, 0.1) is 6.92 Å². The highest BCUT2D eigenvalue weighted by atomic mass is 19.4. The highest BCUT2D eigenvalue weighted by Crippen LogP contribution is 2.37. The number of carbonyl (C=O) groups is 1. The van der Waals surface area contributed by atoms with Crippen molar-refractivity contribution >= 4 is 5.91 Å². The molecule has 0 radical (unpaired) electrons. The summed E-state index contributed by atoms with van der Waals surface area (Å²) in [5.41, 5.74) is 1.42. The van der Waals surface area contributed by atoms with Crippen molar-refractivity contribution in [3.05, 3.63) is 35.4 Å². The second-order valence-electron chi connectivity index (χ2n) is 4.78. The van der Waals surface area contributed by atoms with E-state index in [1.165, 1.54) is 0 Å². The predicted octanol–water partition coefficient (Wildman–Crippen LogP) is 3.93. The molecule has 0 aliphatic heterocycles. The number of hydrogen-bond acceptors (Lipinski definition) is 1. The van der Waals surface area contributed by atoms with Gasteiger partial charge in [-0.25, -0.2) is 0 Å². The Balaban J connectivity index is 2.96.